The molecule has 2 fully saturated rings. The van der Waals surface area contributed by atoms with E-state index in [1.807, 2.05) is 0 Å². The minimum Gasteiger partial charge on any atom is -0.324 e. The normalized spacial score (nSPS) is 29.6. The molecule has 4 nitrogen and oxygen atoms in total. The molecule has 4 heteroatoms. The molecule has 1 saturated heterocycles. The second-order valence-electron chi connectivity index (χ2n) is 6.72. The fourth-order valence-electron chi connectivity index (χ4n) is 3.84. The van der Waals surface area contributed by atoms with Gasteiger partial charge < -0.3 is 9.80 Å². The first kappa shape index (κ1) is 15.8. The van der Waals surface area contributed by atoms with Crippen LogP contribution in [-0.4, -0.2) is 54.1 Å². The van der Waals surface area contributed by atoms with Crippen LogP contribution in [0.3, 0.4) is 0 Å². The number of carbonyl (C=O) groups is 1. The van der Waals surface area contributed by atoms with Crippen molar-refractivity contribution in [2.24, 2.45) is 0 Å². The maximum atomic E-state index is 12.6. The van der Waals surface area contributed by atoms with Crippen molar-refractivity contribution in [3.05, 3.63) is 0 Å². The van der Waals surface area contributed by atoms with Gasteiger partial charge in [-0.2, -0.15) is 0 Å². The summed E-state index contributed by atoms with van der Waals surface area (Å²) in [6.07, 6.45) is 8.35. The van der Waals surface area contributed by atoms with Crippen LogP contribution in [0.25, 0.3) is 0 Å². The van der Waals surface area contributed by atoms with Gasteiger partial charge in [-0.1, -0.05) is 33.1 Å². The van der Waals surface area contributed by atoms with Crippen molar-refractivity contribution in [2.45, 2.75) is 76.5 Å². The first-order chi connectivity index (χ1) is 9.54. The van der Waals surface area contributed by atoms with Crippen LogP contribution in [0.2, 0.25) is 0 Å². The molecule has 116 valence electrons. The largest absolute Gasteiger partial charge is 0.324 e. The summed E-state index contributed by atoms with van der Waals surface area (Å²) in [6.45, 7) is 5.19. The summed E-state index contributed by atoms with van der Waals surface area (Å²) in [5.41, 5.74) is 0.200. The Bertz CT molecular complexity index is 337. The Labute approximate surface area is 123 Å². The Morgan fingerprint density at radius 1 is 1.30 bits per heavy atom. The summed E-state index contributed by atoms with van der Waals surface area (Å²) in [5, 5.41) is 3.53. The molecule has 0 spiro atoms. The molecule has 2 unspecified atom stereocenters. The van der Waals surface area contributed by atoms with Crippen molar-refractivity contribution in [1.82, 2.24) is 15.1 Å². The third kappa shape index (κ3) is 2.86. The molecule has 0 aromatic carbocycles. The van der Waals surface area contributed by atoms with Gasteiger partial charge >= 0.3 is 0 Å². The zero-order valence-electron chi connectivity index (χ0n) is 13.6. The Hall–Kier alpha value is -0.610. The molecule has 0 aromatic heterocycles. The Kier molecular flexibility index (Phi) is 5.08. The lowest BCUT2D eigenvalue weighted by Crippen LogP contribution is -2.54. The molecule has 2 rings (SSSR count). The molecule has 0 radical (unpaired) electrons. The number of amides is 1. The second kappa shape index (κ2) is 6.44. The molecule has 2 aliphatic rings. The summed E-state index contributed by atoms with van der Waals surface area (Å²) in [7, 11) is 4.34. The van der Waals surface area contributed by atoms with Crippen LogP contribution >= 0.6 is 0 Å². The fourth-order valence-corrected chi connectivity index (χ4v) is 3.84. The molecular weight excluding hydrogens is 250 g/mol. The van der Waals surface area contributed by atoms with Crippen LogP contribution < -0.4 is 5.32 Å². The van der Waals surface area contributed by atoms with Crippen molar-refractivity contribution in [1.29, 1.82) is 0 Å². The summed E-state index contributed by atoms with van der Waals surface area (Å²) in [6, 6.07) is 0.0344. The van der Waals surface area contributed by atoms with Crippen molar-refractivity contribution in [3.63, 3.8) is 0 Å². The molecule has 1 saturated carbocycles. The van der Waals surface area contributed by atoms with E-state index in [0.717, 1.165) is 25.8 Å². The number of nitrogens with one attached hydrogen (secondary N) is 1. The van der Waals surface area contributed by atoms with Crippen molar-refractivity contribution in [2.75, 3.05) is 20.6 Å². The monoisotopic (exact) mass is 281 g/mol. The maximum absolute atomic E-state index is 12.6. The van der Waals surface area contributed by atoms with Gasteiger partial charge in [-0.25, -0.2) is 0 Å². The summed E-state index contributed by atoms with van der Waals surface area (Å²) >= 11 is 0. The number of rotatable bonds is 6. The van der Waals surface area contributed by atoms with Gasteiger partial charge in [0, 0.05) is 12.1 Å². The van der Waals surface area contributed by atoms with Crippen LogP contribution in [0.15, 0.2) is 0 Å². The minimum atomic E-state index is 0.0344. The molecule has 1 aliphatic heterocycles. The van der Waals surface area contributed by atoms with Gasteiger partial charge in [-0.15, -0.1) is 0 Å². The number of nitrogens with zero attached hydrogens (tertiary/aromatic N) is 2. The van der Waals surface area contributed by atoms with Crippen molar-refractivity contribution >= 4 is 5.91 Å². The van der Waals surface area contributed by atoms with E-state index in [0.29, 0.717) is 5.91 Å². The topological polar surface area (TPSA) is 35.6 Å². The first-order valence-electron chi connectivity index (χ1n) is 8.28. The predicted molar refractivity (Wildman–Crippen MR) is 82.5 cm³/mol. The van der Waals surface area contributed by atoms with Gasteiger partial charge in [0.25, 0.3) is 0 Å². The van der Waals surface area contributed by atoms with Gasteiger partial charge in [-0.3, -0.25) is 10.1 Å². The summed E-state index contributed by atoms with van der Waals surface area (Å²) in [5.74, 6) is 0.319. The zero-order valence-corrected chi connectivity index (χ0v) is 13.6. The highest BCUT2D eigenvalue weighted by Crippen LogP contribution is 2.36. The molecule has 1 N–H and O–H groups in total. The zero-order chi connectivity index (χ0) is 14.8. The molecule has 1 aliphatic carbocycles. The second-order valence-corrected chi connectivity index (χ2v) is 6.72. The van der Waals surface area contributed by atoms with E-state index in [2.05, 4.69) is 43.1 Å². The quantitative estimate of drug-likeness (QED) is 0.811. The van der Waals surface area contributed by atoms with Gasteiger partial charge in [0.15, 0.2) is 0 Å². The molecular formula is C16H31N3O. The molecule has 1 heterocycles. The first-order valence-corrected chi connectivity index (χ1v) is 8.28. The molecule has 0 aromatic rings. The third-order valence-electron chi connectivity index (χ3n) is 5.27. The number of hydrogen-bond acceptors (Lipinski definition) is 3. The van der Waals surface area contributed by atoms with Gasteiger partial charge in [0.05, 0.1) is 12.2 Å². The van der Waals surface area contributed by atoms with Crippen molar-refractivity contribution < 1.29 is 4.79 Å². The van der Waals surface area contributed by atoms with Crippen LogP contribution in [0.5, 0.6) is 0 Å². The van der Waals surface area contributed by atoms with E-state index in [9.17, 15) is 4.79 Å². The lowest BCUT2D eigenvalue weighted by molar-refractivity contribution is -0.132. The number of hydrogen-bond donors (Lipinski definition) is 1. The molecule has 20 heavy (non-hydrogen) atoms. The van der Waals surface area contributed by atoms with Gasteiger partial charge in [0.2, 0.25) is 5.91 Å². The van der Waals surface area contributed by atoms with E-state index in [1.165, 1.54) is 25.7 Å². The SMILES string of the molecule is CCCC1NC(CC)C(=O)N1CC1(N(C)C)CCCC1. The number of likely N-dealkylation sites (N-methyl/N-ethyl adjacent to an activating group) is 1. The highest BCUT2D eigenvalue weighted by molar-refractivity contribution is 5.84. The van der Waals surface area contributed by atoms with E-state index in [1.54, 1.807) is 0 Å². The third-order valence-corrected chi connectivity index (χ3v) is 5.27. The summed E-state index contributed by atoms with van der Waals surface area (Å²) in [4.78, 5) is 17.1. The Morgan fingerprint density at radius 2 is 1.95 bits per heavy atom. The minimum absolute atomic E-state index is 0.0344. The Morgan fingerprint density at radius 3 is 2.45 bits per heavy atom. The van der Waals surface area contributed by atoms with Crippen LogP contribution in [0.1, 0.15) is 58.8 Å². The average molecular weight is 281 g/mol. The standard InChI is InChI=1S/C16H31N3O/c1-5-9-14-17-13(6-2)15(20)19(14)12-16(18(3)4)10-7-8-11-16/h13-14,17H,5-12H2,1-4H3. The van der Waals surface area contributed by atoms with Crippen LogP contribution in [0.4, 0.5) is 0 Å². The smallest absolute Gasteiger partial charge is 0.241 e. The lowest BCUT2D eigenvalue weighted by Gasteiger charge is -2.41. The van der Waals surface area contributed by atoms with Gasteiger partial charge in [-0.05, 0) is 39.8 Å². The van der Waals surface area contributed by atoms with E-state index in [-0.39, 0.29) is 17.7 Å². The van der Waals surface area contributed by atoms with Crippen LogP contribution in [-0.2, 0) is 4.79 Å². The Balaban J connectivity index is 2.13. The van der Waals surface area contributed by atoms with Crippen LogP contribution in [0, 0.1) is 0 Å². The average Bonchev–Trinajstić information content (AvgIpc) is 3.00. The molecule has 2 atom stereocenters. The van der Waals surface area contributed by atoms with E-state index < -0.39 is 0 Å². The van der Waals surface area contributed by atoms with Gasteiger partial charge in [0.1, 0.15) is 0 Å². The summed E-state index contributed by atoms with van der Waals surface area (Å²) < 4.78 is 0. The fraction of sp³-hybridized carbons (Fsp3) is 0.938. The molecule has 0 bridgehead atoms. The van der Waals surface area contributed by atoms with E-state index >= 15 is 0 Å². The lowest BCUT2D eigenvalue weighted by atomic mass is 9.94. The van der Waals surface area contributed by atoms with E-state index in [4.69, 9.17) is 0 Å². The molecule has 1 amide bonds. The van der Waals surface area contributed by atoms with Crippen molar-refractivity contribution in [3.8, 4) is 0 Å². The highest BCUT2D eigenvalue weighted by atomic mass is 16.2. The highest BCUT2D eigenvalue weighted by Gasteiger charge is 2.44. The predicted octanol–water partition coefficient (Wildman–Crippen LogP) is 2.20. The maximum Gasteiger partial charge on any atom is 0.241 e. The number of carbonyl (C=O) groups excluding carboxylic acids is 1.